The SMILES string of the molecule is C=Cn1c(N2CCCNCC2)nc2ccccc21. The molecule has 1 saturated heterocycles. The van der Waals surface area contributed by atoms with Crippen LogP contribution >= 0.6 is 0 Å². The molecule has 0 bridgehead atoms. The number of imidazole rings is 1. The molecule has 0 radical (unpaired) electrons. The van der Waals surface area contributed by atoms with Gasteiger partial charge in [-0.25, -0.2) is 4.98 Å². The molecule has 1 N–H and O–H groups in total. The molecule has 0 aliphatic carbocycles. The van der Waals surface area contributed by atoms with E-state index in [0.717, 1.165) is 49.6 Å². The number of nitrogens with one attached hydrogen (secondary N) is 1. The van der Waals surface area contributed by atoms with E-state index >= 15 is 0 Å². The Kier molecular flexibility index (Phi) is 3.02. The molecule has 0 spiro atoms. The van der Waals surface area contributed by atoms with Gasteiger partial charge >= 0.3 is 0 Å². The summed E-state index contributed by atoms with van der Waals surface area (Å²) in [6.07, 6.45) is 3.00. The van der Waals surface area contributed by atoms with Gasteiger partial charge in [-0.2, -0.15) is 0 Å². The molecule has 3 rings (SSSR count). The Morgan fingerprint density at radius 1 is 1.22 bits per heavy atom. The van der Waals surface area contributed by atoms with Crippen molar-refractivity contribution >= 4 is 23.2 Å². The van der Waals surface area contributed by atoms with E-state index in [1.54, 1.807) is 0 Å². The molecule has 94 valence electrons. The van der Waals surface area contributed by atoms with Gasteiger partial charge in [0, 0.05) is 25.8 Å². The quantitative estimate of drug-likeness (QED) is 0.873. The largest absolute Gasteiger partial charge is 0.341 e. The van der Waals surface area contributed by atoms with Crippen LogP contribution in [-0.2, 0) is 0 Å². The van der Waals surface area contributed by atoms with Crippen molar-refractivity contribution in [2.45, 2.75) is 6.42 Å². The molecule has 1 aliphatic rings. The van der Waals surface area contributed by atoms with Crippen LogP contribution in [0.3, 0.4) is 0 Å². The van der Waals surface area contributed by atoms with E-state index in [-0.39, 0.29) is 0 Å². The summed E-state index contributed by atoms with van der Waals surface area (Å²) in [7, 11) is 0. The molecule has 1 aliphatic heterocycles. The fourth-order valence-electron chi connectivity index (χ4n) is 2.48. The van der Waals surface area contributed by atoms with E-state index in [9.17, 15) is 0 Å². The van der Waals surface area contributed by atoms with Crippen molar-refractivity contribution in [1.82, 2.24) is 14.9 Å². The number of benzene rings is 1. The zero-order chi connectivity index (χ0) is 12.4. The lowest BCUT2D eigenvalue weighted by molar-refractivity contribution is 0.724. The van der Waals surface area contributed by atoms with Crippen LogP contribution in [0.1, 0.15) is 6.42 Å². The Balaban J connectivity index is 2.06. The maximum Gasteiger partial charge on any atom is 0.210 e. The van der Waals surface area contributed by atoms with E-state index in [4.69, 9.17) is 4.98 Å². The minimum atomic E-state index is 0.997. The standard InChI is InChI=1S/C14H18N4/c1-2-18-13-7-4-3-6-12(13)16-14(18)17-10-5-8-15-9-11-17/h2-4,6-7,15H,1,5,8-11H2. The van der Waals surface area contributed by atoms with Crippen LogP contribution in [-0.4, -0.2) is 35.7 Å². The number of aromatic nitrogens is 2. The average molecular weight is 242 g/mol. The highest BCUT2D eigenvalue weighted by molar-refractivity contribution is 5.81. The van der Waals surface area contributed by atoms with Crippen molar-refractivity contribution in [2.75, 3.05) is 31.1 Å². The van der Waals surface area contributed by atoms with Gasteiger partial charge in [-0.05, 0) is 25.1 Å². The zero-order valence-electron chi connectivity index (χ0n) is 10.5. The van der Waals surface area contributed by atoms with E-state index in [1.807, 2.05) is 18.3 Å². The smallest absolute Gasteiger partial charge is 0.210 e. The van der Waals surface area contributed by atoms with Crippen LogP contribution in [0.2, 0.25) is 0 Å². The molecule has 0 amide bonds. The van der Waals surface area contributed by atoms with Crippen LogP contribution in [0.4, 0.5) is 5.95 Å². The highest BCUT2D eigenvalue weighted by Crippen LogP contribution is 2.23. The second-order valence-electron chi connectivity index (χ2n) is 4.54. The minimum absolute atomic E-state index is 0.997. The van der Waals surface area contributed by atoms with Gasteiger partial charge in [0.2, 0.25) is 5.95 Å². The summed E-state index contributed by atoms with van der Waals surface area (Å²) >= 11 is 0. The molecule has 4 nitrogen and oxygen atoms in total. The molecule has 4 heteroatoms. The first-order valence-corrected chi connectivity index (χ1v) is 6.45. The molecule has 2 aromatic rings. The van der Waals surface area contributed by atoms with Gasteiger partial charge in [0.05, 0.1) is 11.0 Å². The van der Waals surface area contributed by atoms with Crippen molar-refractivity contribution < 1.29 is 0 Å². The topological polar surface area (TPSA) is 33.1 Å². The third-order valence-electron chi connectivity index (χ3n) is 3.38. The molecule has 0 atom stereocenters. The summed E-state index contributed by atoms with van der Waals surface area (Å²) in [5.74, 6) is 1.01. The first-order chi connectivity index (χ1) is 8.90. The van der Waals surface area contributed by atoms with E-state index in [2.05, 4.69) is 33.5 Å². The summed E-state index contributed by atoms with van der Waals surface area (Å²) in [5, 5.41) is 3.41. The van der Waals surface area contributed by atoms with Crippen molar-refractivity contribution in [3.05, 3.63) is 30.8 Å². The first-order valence-electron chi connectivity index (χ1n) is 6.45. The van der Waals surface area contributed by atoms with E-state index < -0.39 is 0 Å². The highest BCUT2D eigenvalue weighted by Gasteiger charge is 2.16. The maximum atomic E-state index is 4.74. The monoisotopic (exact) mass is 242 g/mol. The number of anilines is 1. The predicted octanol–water partition coefficient (Wildman–Crippen LogP) is 1.94. The van der Waals surface area contributed by atoms with Gasteiger partial charge in [-0.1, -0.05) is 18.7 Å². The van der Waals surface area contributed by atoms with Crippen LogP contribution in [0.5, 0.6) is 0 Å². The van der Waals surface area contributed by atoms with Crippen LogP contribution in [0, 0.1) is 0 Å². The van der Waals surface area contributed by atoms with Gasteiger partial charge in [0.15, 0.2) is 0 Å². The third-order valence-corrected chi connectivity index (χ3v) is 3.38. The number of rotatable bonds is 2. The lowest BCUT2D eigenvalue weighted by Gasteiger charge is -2.20. The Hall–Kier alpha value is -1.81. The third kappa shape index (κ3) is 1.88. The van der Waals surface area contributed by atoms with Crippen molar-refractivity contribution in [3.63, 3.8) is 0 Å². The molecule has 18 heavy (non-hydrogen) atoms. The van der Waals surface area contributed by atoms with Gasteiger partial charge in [0.1, 0.15) is 0 Å². The molecule has 1 aromatic heterocycles. The second kappa shape index (κ2) is 4.82. The molecule has 0 unspecified atom stereocenters. The zero-order valence-corrected chi connectivity index (χ0v) is 10.5. The van der Waals surface area contributed by atoms with Gasteiger partial charge < -0.3 is 10.2 Å². The normalized spacial score (nSPS) is 16.8. The number of hydrogen-bond donors (Lipinski definition) is 1. The summed E-state index contributed by atoms with van der Waals surface area (Å²) in [5.41, 5.74) is 2.16. The predicted molar refractivity (Wildman–Crippen MR) is 75.8 cm³/mol. The molecule has 2 heterocycles. The Labute approximate surface area is 107 Å². The van der Waals surface area contributed by atoms with Crippen LogP contribution in [0.15, 0.2) is 30.8 Å². The average Bonchev–Trinajstić information content (AvgIpc) is 2.59. The van der Waals surface area contributed by atoms with E-state index in [1.165, 1.54) is 0 Å². The van der Waals surface area contributed by atoms with E-state index in [0.29, 0.717) is 0 Å². The fourth-order valence-corrected chi connectivity index (χ4v) is 2.48. The lowest BCUT2D eigenvalue weighted by Crippen LogP contribution is -2.29. The number of fused-ring (bicyclic) bond motifs is 1. The van der Waals surface area contributed by atoms with Crippen LogP contribution in [0.25, 0.3) is 17.2 Å². The number of nitrogens with zero attached hydrogens (tertiary/aromatic N) is 3. The molecular weight excluding hydrogens is 224 g/mol. The fraction of sp³-hybridized carbons (Fsp3) is 0.357. The Morgan fingerprint density at radius 2 is 2.11 bits per heavy atom. The molecule has 1 aromatic carbocycles. The number of hydrogen-bond acceptors (Lipinski definition) is 3. The molecule has 1 fully saturated rings. The van der Waals surface area contributed by atoms with Crippen molar-refractivity contribution in [2.24, 2.45) is 0 Å². The first kappa shape index (κ1) is 11.3. The summed E-state index contributed by atoms with van der Waals surface area (Å²) in [6, 6.07) is 8.20. The second-order valence-corrected chi connectivity index (χ2v) is 4.54. The Bertz CT molecular complexity index is 550. The molecule has 0 saturated carbocycles. The van der Waals surface area contributed by atoms with Crippen LogP contribution < -0.4 is 10.2 Å². The van der Waals surface area contributed by atoms with Crippen molar-refractivity contribution in [1.29, 1.82) is 0 Å². The minimum Gasteiger partial charge on any atom is -0.341 e. The maximum absolute atomic E-state index is 4.74. The Morgan fingerprint density at radius 3 is 3.00 bits per heavy atom. The molecular formula is C14H18N4. The van der Waals surface area contributed by atoms with Crippen molar-refractivity contribution in [3.8, 4) is 0 Å². The highest BCUT2D eigenvalue weighted by atomic mass is 15.3. The summed E-state index contributed by atoms with van der Waals surface area (Å²) < 4.78 is 2.08. The van der Waals surface area contributed by atoms with Gasteiger partial charge in [-0.3, -0.25) is 4.57 Å². The number of para-hydroxylation sites is 2. The summed E-state index contributed by atoms with van der Waals surface area (Å²) in [4.78, 5) is 7.07. The van der Waals surface area contributed by atoms with Gasteiger partial charge in [-0.15, -0.1) is 0 Å². The van der Waals surface area contributed by atoms with Gasteiger partial charge in [0.25, 0.3) is 0 Å². The summed E-state index contributed by atoms with van der Waals surface area (Å²) in [6.45, 7) is 8.06. The lowest BCUT2D eigenvalue weighted by atomic mass is 10.3.